The van der Waals surface area contributed by atoms with Gasteiger partial charge in [-0.3, -0.25) is 9.36 Å². The van der Waals surface area contributed by atoms with Crippen LogP contribution >= 0.6 is 0 Å². The highest BCUT2D eigenvalue weighted by atomic mass is 19.1. The van der Waals surface area contributed by atoms with Gasteiger partial charge in [-0.2, -0.15) is 0 Å². The van der Waals surface area contributed by atoms with E-state index in [4.69, 9.17) is 0 Å². The van der Waals surface area contributed by atoms with Gasteiger partial charge in [-0.15, -0.1) is 0 Å². The fourth-order valence-corrected chi connectivity index (χ4v) is 2.88. The Morgan fingerprint density at radius 2 is 1.59 bits per heavy atom. The highest BCUT2D eigenvalue weighted by Crippen LogP contribution is 2.16. The number of aromatic nitrogens is 2. The Labute approximate surface area is 153 Å². The average Bonchev–Trinajstić information content (AvgIpc) is 2.68. The maximum absolute atomic E-state index is 13.4. The van der Waals surface area contributed by atoms with Gasteiger partial charge in [0, 0.05) is 0 Å². The van der Waals surface area contributed by atoms with E-state index >= 15 is 0 Å². The smallest absolute Gasteiger partial charge is 0.266 e. The van der Waals surface area contributed by atoms with E-state index in [1.165, 1.54) is 41.0 Å². The van der Waals surface area contributed by atoms with Crippen molar-refractivity contribution in [3.8, 4) is 5.69 Å². The van der Waals surface area contributed by atoms with Crippen LogP contribution in [-0.2, 0) is 0 Å². The lowest BCUT2D eigenvalue weighted by atomic mass is 10.2. The number of benzene rings is 3. The van der Waals surface area contributed by atoms with Gasteiger partial charge in [0.1, 0.15) is 17.5 Å². The van der Waals surface area contributed by atoms with Crippen LogP contribution in [0.25, 0.3) is 28.7 Å². The summed E-state index contributed by atoms with van der Waals surface area (Å²) in [6.07, 6.45) is 3.33. The van der Waals surface area contributed by atoms with E-state index in [0.29, 0.717) is 28.0 Å². The molecule has 1 aromatic heterocycles. The van der Waals surface area contributed by atoms with Gasteiger partial charge in [-0.05, 0) is 60.2 Å². The highest BCUT2D eigenvalue weighted by molar-refractivity contribution is 5.80. The number of para-hydroxylation sites is 1. The number of hydrogen-bond acceptors (Lipinski definition) is 2. The first-order chi connectivity index (χ1) is 13.1. The molecule has 27 heavy (non-hydrogen) atoms. The molecule has 0 aliphatic carbocycles. The van der Waals surface area contributed by atoms with Crippen molar-refractivity contribution in [2.45, 2.75) is 0 Å². The Morgan fingerprint density at radius 1 is 0.815 bits per heavy atom. The SMILES string of the molecule is O=c1c2ccccc2nc(C=Cc2cccc(F)c2)n1-c1ccc(F)cc1. The van der Waals surface area contributed by atoms with Gasteiger partial charge >= 0.3 is 0 Å². The average molecular weight is 360 g/mol. The van der Waals surface area contributed by atoms with Gasteiger partial charge in [-0.1, -0.05) is 30.3 Å². The van der Waals surface area contributed by atoms with Crippen LogP contribution in [-0.4, -0.2) is 9.55 Å². The molecule has 5 heteroatoms. The maximum Gasteiger partial charge on any atom is 0.266 e. The second-order valence-electron chi connectivity index (χ2n) is 5.99. The summed E-state index contributed by atoms with van der Waals surface area (Å²) in [5.74, 6) is -0.369. The molecule has 0 aliphatic heterocycles. The number of fused-ring (bicyclic) bond motifs is 1. The van der Waals surface area contributed by atoms with Crippen molar-refractivity contribution in [3.63, 3.8) is 0 Å². The first-order valence-corrected chi connectivity index (χ1v) is 8.33. The van der Waals surface area contributed by atoms with Gasteiger partial charge < -0.3 is 0 Å². The maximum atomic E-state index is 13.4. The van der Waals surface area contributed by atoms with E-state index in [1.54, 1.807) is 48.6 Å². The Morgan fingerprint density at radius 3 is 2.37 bits per heavy atom. The third-order valence-corrected chi connectivity index (χ3v) is 4.16. The number of halogens is 2. The van der Waals surface area contributed by atoms with E-state index < -0.39 is 5.82 Å². The van der Waals surface area contributed by atoms with Crippen LogP contribution in [0.2, 0.25) is 0 Å². The summed E-state index contributed by atoms with van der Waals surface area (Å²) in [5, 5.41) is 0.463. The van der Waals surface area contributed by atoms with Crippen LogP contribution in [0, 0.1) is 11.6 Å². The van der Waals surface area contributed by atoms with Crippen LogP contribution < -0.4 is 5.56 Å². The van der Waals surface area contributed by atoms with E-state index in [9.17, 15) is 13.6 Å². The summed E-state index contributed by atoms with van der Waals surface area (Å²) >= 11 is 0. The summed E-state index contributed by atoms with van der Waals surface area (Å²) in [7, 11) is 0. The third-order valence-electron chi connectivity index (χ3n) is 4.16. The first-order valence-electron chi connectivity index (χ1n) is 8.33. The summed E-state index contributed by atoms with van der Waals surface area (Å²) in [4.78, 5) is 17.6. The predicted octanol–water partition coefficient (Wildman–Crippen LogP) is 4.83. The zero-order chi connectivity index (χ0) is 18.8. The van der Waals surface area contributed by atoms with Crippen molar-refractivity contribution in [2.75, 3.05) is 0 Å². The fourth-order valence-electron chi connectivity index (χ4n) is 2.88. The minimum Gasteiger partial charge on any atom is -0.268 e. The van der Waals surface area contributed by atoms with E-state index in [1.807, 2.05) is 0 Å². The van der Waals surface area contributed by atoms with Crippen molar-refractivity contribution in [2.24, 2.45) is 0 Å². The van der Waals surface area contributed by atoms with Crippen LogP contribution in [0.4, 0.5) is 8.78 Å². The third kappa shape index (κ3) is 3.40. The Balaban J connectivity index is 1.93. The Kier molecular flexibility index (Phi) is 4.34. The van der Waals surface area contributed by atoms with Gasteiger partial charge in [0.05, 0.1) is 16.6 Å². The molecule has 0 saturated carbocycles. The summed E-state index contributed by atoms with van der Waals surface area (Å²) in [5.41, 5.74) is 1.44. The quantitative estimate of drug-likeness (QED) is 0.524. The van der Waals surface area contributed by atoms with Crippen molar-refractivity contribution in [1.29, 1.82) is 0 Å². The predicted molar refractivity (Wildman–Crippen MR) is 103 cm³/mol. The monoisotopic (exact) mass is 360 g/mol. The summed E-state index contributed by atoms with van der Waals surface area (Å²) in [6.45, 7) is 0. The molecule has 0 spiro atoms. The number of nitrogens with zero attached hydrogens (tertiary/aromatic N) is 2. The van der Waals surface area contributed by atoms with Crippen LogP contribution in [0.1, 0.15) is 11.4 Å². The molecule has 4 aromatic rings. The lowest BCUT2D eigenvalue weighted by Crippen LogP contribution is -2.22. The minimum atomic E-state index is -0.391. The van der Waals surface area contributed by atoms with Gasteiger partial charge in [-0.25, -0.2) is 13.8 Å². The zero-order valence-electron chi connectivity index (χ0n) is 14.1. The molecule has 0 fully saturated rings. The van der Waals surface area contributed by atoms with Crippen molar-refractivity contribution in [3.05, 3.63) is 106 Å². The van der Waals surface area contributed by atoms with E-state index in [2.05, 4.69) is 4.98 Å². The zero-order valence-corrected chi connectivity index (χ0v) is 14.1. The lowest BCUT2D eigenvalue weighted by Gasteiger charge is -2.11. The molecule has 0 bridgehead atoms. The molecule has 0 amide bonds. The van der Waals surface area contributed by atoms with Crippen LogP contribution in [0.5, 0.6) is 0 Å². The van der Waals surface area contributed by atoms with E-state index in [-0.39, 0.29) is 11.4 Å². The second-order valence-corrected chi connectivity index (χ2v) is 5.99. The second kappa shape index (κ2) is 6.96. The number of rotatable bonds is 3. The molecule has 3 aromatic carbocycles. The first kappa shape index (κ1) is 16.8. The van der Waals surface area contributed by atoms with E-state index in [0.717, 1.165) is 0 Å². The van der Waals surface area contributed by atoms with Gasteiger partial charge in [0.25, 0.3) is 5.56 Å². The molecule has 0 N–H and O–H groups in total. The minimum absolute atomic E-state index is 0.258. The van der Waals surface area contributed by atoms with Gasteiger partial charge in [0.15, 0.2) is 0 Å². The molecular formula is C22H14F2N2O. The normalized spacial score (nSPS) is 11.3. The molecule has 132 valence electrons. The van der Waals surface area contributed by atoms with Crippen molar-refractivity contribution in [1.82, 2.24) is 9.55 Å². The largest absolute Gasteiger partial charge is 0.268 e. The van der Waals surface area contributed by atoms with Crippen molar-refractivity contribution >= 4 is 23.1 Å². The molecule has 0 radical (unpaired) electrons. The fraction of sp³-hybridized carbons (Fsp3) is 0. The van der Waals surface area contributed by atoms with Crippen LogP contribution in [0.3, 0.4) is 0 Å². The molecule has 0 saturated heterocycles. The van der Waals surface area contributed by atoms with Crippen molar-refractivity contribution < 1.29 is 8.78 Å². The molecule has 0 unspecified atom stereocenters. The summed E-state index contributed by atoms with van der Waals surface area (Å²) in [6, 6.07) is 18.7. The number of hydrogen-bond donors (Lipinski definition) is 0. The molecule has 0 aliphatic rings. The lowest BCUT2D eigenvalue weighted by molar-refractivity contribution is 0.627. The molecule has 4 rings (SSSR count). The topological polar surface area (TPSA) is 34.9 Å². The standard InChI is InChI=1S/C22H14F2N2O/c23-16-9-11-18(12-10-16)26-21(13-8-15-4-3-5-17(24)14-15)25-20-7-2-1-6-19(20)22(26)27/h1-14H. The Bertz CT molecular complexity index is 1210. The molecular weight excluding hydrogens is 346 g/mol. The van der Waals surface area contributed by atoms with Crippen LogP contribution in [0.15, 0.2) is 77.6 Å². The Hall–Kier alpha value is -3.60. The molecule has 0 atom stereocenters. The van der Waals surface area contributed by atoms with Gasteiger partial charge in [0.2, 0.25) is 0 Å². The molecule has 1 heterocycles. The summed E-state index contributed by atoms with van der Waals surface area (Å²) < 4.78 is 28.1. The molecule has 3 nitrogen and oxygen atoms in total. The highest BCUT2D eigenvalue weighted by Gasteiger charge is 2.11.